The molecule has 0 amide bonds. The average Bonchev–Trinajstić information content (AvgIpc) is 2.42. The molecule has 0 fully saturated rings. The van der Waals surface area contributed by atoms with Gasteiger partial charge in [0.15, 0.2) is 5.78 Å². The predicted molar refractivity (Wildman–Crippen MR) is 77.0 cm³/mol. The Kier molecular flexibility index (Phi) is 4.37. The van der Waals surface area contributed by atoms with Gasteiger partial charge in [-0.1, -0.05) is 28.4 Å². The quantitative estimate of drug-likeness (QED) is 0.477. The van der Waals surface area contributed by atoms with Gasteiger partial charge in [-0.3, -0.25) is 4.79 Å². The summed E-state index contributed by atoms with van der Waals surface area (Å²) in [6, 6.07) is 6.21. The minimum Gasteiger partial charge on any atom is -0.312 e. The zero-order valence-electron chi connectivity index (χ0n) is 10.4. The molecule has 1 aromatic carbocycles. The second kappa shape index (κ2) is 6.03. The van der Waals surface area contributed by atoms with Crippen LogP contribution >= 0.6 is 23.2 Å². The molecular weight excluding hydrogens is 301 g/mol. The topological polar surface area (TPSA) is 55.7 Å². The second-order valence-electron chi connectivity index (χ2n) is 4.05. The monoisotopic (exact) mass is 309 g/mol. The molecule has 20 heavy (non-hydrogen) atoms. The average molecular weight is 310 g/mol. The minimum absolute atomic E-state index is 0.0249. The molecular formula is C14H9Cl2NO3. The van der Waals surface area contributed by atoms with Crippen LogP contribution in [0.15, 0.2) is 52.2 Å². The van der Waals surface area contributed by atoms with Gasteiger partial charge in [-0.05, 0) is 48.9 Å². The number of hydrogen-bond acceptors (Lipinski definition) is 4. The molecule has 0 saturated heterocycles. The van der Waals surface area contributed by atoms with E-state index in [2.05, 4.69) is 5.16 Å². The van der Waals surface area contributed by atoms with Crippen LogP contribution in [0, 0.1) is 0 Å². The van der Waals surface area contributed by atoms with Gasteiger partial charge in [-0.25, -0.2) is 4.79 Å². The third kappa shape index (κ3) is 3.35. The molecule has 6 heteroatoms. The van der Waals surface area contributed by atoms with Crippen LogP contribution in [-0.4, -0.2) is 17.5 Å². The summed E-state index contributed by atoms with van der Waals surface area (Å²) in [5.74, 6) is -0.921. The van der Waals surface area contributed by atoms with E-state index in [1.807, 2.05) is 0 Å². The Bertz CT molecular complexity index is 658. The molecule has 0 atom stereocenters. The Morgan fingerprint density at radius 1 is 1.15 bits per heavy atom. The van der Waals surface area contributed by atoms with Crippen LogP contribution in [0.2, 0.25) is 5.02 Å². The number of hydrogen-bond donors (Lipinski definition) is 0. The molecule has 0 bridgehead atoms. The molecule has 0 aliphatic heterocycles. The van der Waals surface area contributed by atoms with Gasteiger partial charge in [0.05, 0.1) is 10.6 Å². The van der Waals surface area contributed by atoms with Crippen molar-refractivity contribution in [2.24, 2.45) is 5.16 Å². The molecule has 1 aliphatic carbocycles. The minimum atomic E-state index is -0.622. The molecule has 0 aromatic heterocycles. The number of rotatable bonds is 2. The van der Waals surface area contributed by atoms with Gasteiger partial charge >= 0.3 is 5.97 Å². The first-order valence-corrected chi connectivity index (χ1v) is 6.38. The Morgan fingerprint density at radius 2 is 1.80 bits per heavy atom. The first-order chi connectivity index (χ1) is 9.47. The highest BCUT2D eigenvalue weighted by atomic mass is 35.5. The Balaban J connectivity index is 2.13. The summed E-state index contributed by atoms with van der Waals surface area (Å²) in [6.45, 7) is 1.67. The molecule has 1 aromatic rings. The fourth-order valence-corrected chi connectivity index (χ4v) is 1.76. The molecule has 4 nitrogen and oxygen atoms in total. The summed E-state index contributed by atoms with van der Waals surface area (Å²) in [5, 5.41) is 4.25. The Morgan fingerprint density at radius 3 is 2.45 bits per heavy atom. The summed E-state index contributed by atoms with van der Waals surface area (Å²) in [5.41, 5.74) is 1.22. The fraction of sp³-hybridized carbons (Fsp3) is 0.0714. The van der Waals surface area contributed by atoms with Crippen molar-refractivity contribution >= 4 is 40.7 Å². The van der Waals surface area contributed by atoms with Crippen LogP contribution in [0.3, 0.4) is 0 Å². The van der Waals surface area contributed by atoms with Crippen LogP contribution in [-0.2, 0) is 9.63 Å². The van der Waals surface area contributed by atoms with Crippen molar-refractivity contribution in [1.82, 2.24) is 0 Å². The third-order valence-electron chi connectivity index (χ3n) is 2.56. The van der Waals surface area contributed by atoms with E-state index in [9.17, 15) is 9.59 Å². The van der Waals surface area contributed by atoms with Crippen LogP contribution in [0.1, 0.15) is 17.3 Å². The maximum Gasteiger partial charge on any atom is 0.365 e. The molecule has 0 heterocycles. The van der Waals surface area contributed by atoms with Crippen molar-refractivity contribution in [3.05, 3.63) is 57.6 Å². The van der Waals surface area contributed by atoms with Gasteiger partial charge in [0.25, 0.3) is 0 Å². The molecule has 0 N–H and O–H groups in total. The number of oxime groups is 1. The lowest BCUT2D eigenvalue weighted by Crippen LogP contribution is -2.11. The van der Waals surface area contributed by atoms with E-state index in [0.717, 1.165) is 0 Å². The number of benzene rings is 1. The van der Waals surface area contributed by atoms with E-state index in [1.165, 1.54) is 24.3 Å². The molecule has 2 rings (SSSR count). The van der Waals surface area contributed by atoms with Gasteiger partial charge < -0.3 is 4.84 Å². The van der Waals surface area contributed by atoms with E-state index in [4.69, 9.17) is 28.0 Å². The lowest BCUT2D eigenvalue weighted by molar-refractivity contribution is -0.110. The van der Waals surface area contributed by atoms with E-state index < -0.39 is 5.97 Å². The zero-order chi connectivity index (χ0) is 14.7. The first-order valence-electron chi connectivity index (χ1n) is 5.62. The van der Waals surface area contributed by atoms with Crippen molar-refractivity contribution in [3.63, 3.8) is 0 Å². The molecule has 0 radical (unpaired) electrons. The van der Waals surface area contributed by atoms with Crippen LogP contribution in [0.25, 0.3) is 0 Å². The number of halogens is 2. The largest absolute Gasteiger partial charge is 0.365 e. The molecule has 0 saturated carbocycles. The van der Waals surface area contributed by atoms with E-state index in [0.29, 0.717) is 21.9 Å². The summed E-state index contributed by atoms with van der Waals surface area (Å²) < 4.78 is 0. The fourth-order valence-electron chi connectivity index (χ4n) is 1.47. The summed E-state index contributed by atoms with van der Waals surface area (Å²) in [4.78, 5) is 27.8. The first kappa shape index (κ1) is 14.5. The smallest absolute Gasteiger partial charge is 0.312 e. The second-order valence-corrected chi connectivity index (χ2v) is 4.89. The van der Waals surface area contributed by atoms with Crippen molar-refractivity contribution in [2.75, 3.05) is 0 Å². The highest BCUT2D eigenvalue weighted by molar-refractivity contribution is 6.47. The van der Waals surface area contributed by atoms with E-state index in [1.54, 1.807) is 19.1 Å². The number of ketones is 1. The van der Waals surface area contributed by atoms with Gasteiger partial charge in [0, 0.05) is 5.02 Å². The normalized spacial score (nSPS) is 16.8. The van der Waals surface area contributed by atoms with Gasteiger partial charge in [0.1, 0.15) is 5.71 Å². The number of carbonyl (C=O) groups is 2. The lowest BCUT2D eigenvalue weighted by Gasteiger charge is -2.07. The Labute approximate surface area is 125 Å². The van der Waals surface area contributed by atoms with Gasteiger partial charge in [-0.2, -0.15) is 0 Å². The SMILES string of the molecule is CC1=CC(=O)C(Cl)=CC1=NOC(=O)c1ccc(Cl)cc1. The molecule has 1 aliphatic rings. The maximum atomic E-state index is 11.7. The van der Waals surface area contributed by atoms with E-state index >= 15 is 0 Å². The maximum absolute atomic E-state index is 11.7. The number of allylic oxidation sites excluding steroid dienone is 4. The van der Waals surface area contributed by atoms with Crippen LogP contribution in [0.4, 0.5) is 0 Å². The lowest BCUT2D eigenvalue weighted by atomic mass is 10.1. The van der Waals surface area contributed by atoms with Crippen molar-refractivity contribution < 1.29 is 14.4 Å². The van der Waals surface area contributed by atoms with Gasteiger partial charge in [0.2, 0.25) is 0 Å². The van der Waals surface area contributed by atoms with Crippen molar-refractivity contribution in [3.8, 4) is 0 Å². The van der Waals surface area contributed by atoms with Crippen LogP contribution in [0.5, 0.6) is 0 Å². The Hall–Kier alpha value is -1.91. The van der Waals surface area contributed by atoms with Gasteiger partial charge in [-0.15, -0.1) is 0 Å². The standard InChI is InChI=1S/C14H9Cl2NO3/c1-8-6-13(18)11(16)7-12(8)17-20-14(19)9-2-4-10(15)5-3-9/h2-7H,1H3. The highest BCUT2D eigenvalue weighted by Crippen LogP contribution is 2.16. The predicted octanol–water partition coefficient (Wildman–Crippen LogP) is 3.50. The zero-order valence-corrected chi connectivity index (χ0v) is 11.9. The summed E-state index contributed by atoms with van der Waals surface area (Å²) >= 11 is 11.4. The summed E-state index contributed by atoms with van der Waals surface area (Å²) in [6.07, 6.45) is 2.69. The number of nitrogens with zero attached hydrogens (tertiary/aromatic N) is 1. The molecule has 0 unspecified atom stereocenters. The van der Waals surface area contributed by atoms with Crippen molar-refractivity contribution in [1.29, 1.82) is 0 Å². The summed E-state index contributed by atoms with van der Waals surface area (Å²) in [7, 11) is 0. The molecule has 102 valence electrons. The number of carbonyl (C=O) groups excluding carboxylic acids is 2. The molecule has 0 spiro atoms. The highest BCUT2D eigenvalue weighted by Gasteiger charge is 2.15. The van der Waals surface area contributed by atoms with Crippen molar-refractivity contribution in [2.45, 2.75) is 6.92 Å². The third-order valence-corrected chi connectivity index (χ3v) is 3.10. The van der Waals surface area contributed by atoms with E-state index in [-0.39, 0.29) is 10.8 Å². The van der Waals surface area contributed by atoms with Crippen LogP contribution < -0.4 is 0 Å².